The molecule has 1 heterocycles. The number of allylic oxidation sites excluding steroid dienone is 2. The van der Waals surface area contributed by atoms with E-state index in [-0.39, 0.29) is 12.2 Å². The maximum atomic E-state index is 12.6. The summed E-state index contributed by atoms with van der Waals surface area (Å²) in [6, 6.07) is 0.804. The number of aromatic nitrogens is 2. The third-order valence-corrected chi connectivity index (χ3v) is 2.56. The van der Waals surface area contributed by atoms with Crippen LogP contribution in [0.15, 0.2) is 36.2 Å². The normalized spacial score (nSPS) is 23.9. The molecule has 1 unspecified atom stereocenters. The summed E-state index contributed by atoms with van der Waals surface area (Å²) in [6.45, 7) is 0. The number of hydrogen-bond acceptors (Lipinski definition) is 4. The van der Waals surface area contributed by atoms with Crippen LogP contribution in [-0.4, -0.2) is 9.97 Å². The molecule has 1 aliphatic carbocycles. The van der Waals surface area contributed by atoms with Crippen molar-refractivity contribution in [2.45, 2.75) is 18.1 Å². The van der Waals surface area contributed by atoms with Crippen molar-refractivity contribution in [3.8, 4) is 0 Å². The molecule has 0 saturated heterocycles. The lowest BCUT2D eigenvalue weighted by atomic mass is 9.89. The van der Waals surface area contributed by atoms with Crippen molar-refractivity contribution in [3.63, 3.8) is 0 Å². The van der Waals surface area contributed by atoms with Gasteiger partial charge in [-0.25, -0.2) is 9.97 Å². The van der Waals surface area contributed by atoms with Crippen LogP contribution in [0.25, 0.3) is 0 Å². The molecule has 18 heavy (non-hydrogen) atoms. The molecule has 2 rings (SSSR count). The summed E-state index contributed by atoms with van der Waals surface area (Å²) >= 11 is 0. The van der Waals surface area contributed by atoms with E-state index in [4.69, 9.17) is 11.5 Å². The summed E-state index contributed by atoms with van der Waals surface area (Å²) in [5, 5.41) is 0. The number of alkyl halides is 3. The van der Waals surface area contributed by atoms with E-state index >= 15 is 0 Å². The highest BCUT2D eigenvalue weighted by Crippen LogP contribution is 2.30. The highest BCUT2D eigenvalue weighted by atomic mass is 19.4. The molecular formula is C11H11F3N4. The van der Waals surface area contributed by atoms with Crippen LogP contribution in [0.2, 0.25) is 0 Å². The summed E-state index contributed by atoms with van der Waals surface area (Å²) in [4.78, 5) is 7.29. The summed E-state index contributed by atoms with van der Waals surface area (Å²) < 4.78 is 37.7. The Hall–Kier alpha value is -1.89. The zero-order valence-electron chi connectivity index (χ0n) is 9.28. The molecule has 0 aliphatic heterocycles. The van der Waals surface area contributed by atoms with E-state index in [1.807, 2.05) is 0 Å². The first-order valence-electron chi connectivity index (χ1n) is 5.15. The highest BCUT2D eigenvalue weighted by molar-refractivity contribution is 5.29. The van der Waals surface area contributed by atoms with Gasteiger partial charge in [0.1, 0.15) is 11.2 Å². The lowest BCUT2D eigenvalue weighted by Crippen LogP contribution is -2.39. The first-order valence-corrected chi connectivity index (χ1v) is 5.15. The SMILES string of the molecule is NC1=CC=CC(N)(c2nccc(C(F)(F)F)n2)C1. The Bertz CT molecular complexity index is 521. The first kappa shape index (κ1) is 12.6. The molecule has 0 radical (unpaired) electrons. The van der Waals surface area contributed by atoms with Crippen molar-refractivity contribution in [1.82, 2.24) is 9.97 Å². The number of halogens is 3. The average molecular weight is 256 g/mol. The van der Waals surface area contributed by atoms with Gasteiger partial charge in [0.15, 0.2) is 5.82 Å². The van der Waals surface area contributed by atoms with Crippen LogP contribution in [0.1, 0.15) is 17.9 Å². The molecule has 4 N–H and O–H groups in total. The van der Waals surface area contributed by atoms with Gasteiger partial charge in [-0.15, -0.1) is 0 Å². The van der Waals surface area contributed by atoms with Gasteiger partial charge in [0.05, 0.1) is 0 Å². The van der Waals surface area contributed by atoms with Crippen LogP contribution in [0.3, 0.4) is 0 Å². The van der Waals surface area contributed by atoms with E-state index in [2.05, 4.69) is 9.97 Å². The van der Waals surface area contributed by atoms with E-state index in [1.54, 1.807) is 18.2 Å². The van der Waals surface area contributed by atoms with Crippen molar-refractivity contribution in [3.05, 3.63) is 47.7 Å². The van der Waals surface area contributed by atoms with E-state index in [1.165, 1.54) is 0 Å². The second-order valence-corrected chi connectivity index (χ2v) is 4.08. The average Bonchev–Trinajstić information content (AvgIpc) is 2.28. The Kier molecular flexibility index (Phi) is 2.86. The predicted octanol–water partition coefficient (Wildman–Crippen LogP) is 1.45. The van der Waals surface area contributed by atoms with Gasteiger partial charge < -0.3 is 11.5 Å². The third kappa shape index (κ3) is 2.35. The second-order valence-electron chi connectivity index (χ2n) is 4.08. The Balaban J connectivity index is 2.41. The molecule has 96 valence electrons. The summed E-state index contributed by atoms with van der Waals surface area (Å²) in [5.41, 5.74) is 9.87. The fraction of sp³-hybridized carbons (Fsp3) is 0.273. The van der Waals surface area contributed by atoms with E-state index in [9.17, 15) is 13.2 Å². The van der Waals surface area contributed by atoms with Crippen molar-refractivity contribution >= 4 is 0 Å². The molecule has 0 amide bonds. The molecule has 0 fully saturated rings. The largest absolute Gasteiger partial charge is 0.433 e. The third-order valence-electron chi connectivity index (χ3n) is 2.56. The van der Waals surface area contributed by atoms with Gasteiger partial charge in [-0.3, -0.25) is 0 Å². The van der Waals surface area contributed by atoms with E-state index in [0.717, 1.165) is 12.3 Å². The molecule has 4 nitrogen and oxygen atoms in total. The Morgan fingerprint density at radius 2 is 2.06 bits per heavy atom. The topological polar surface area (TPSA) is 77.8 Å². The van der Waals surface area contributed by atoms with E-state index in [0.29, 0.717) is 5.70 Å². The summed E-state index contributed by atoms with van der Waals surface area (Å²) in [6.07, 6.45) is 1.47. The molecule has 1 atom stereocenters. The van der Waals surface area contributed by atoms with Crippen LogP contribution < -0.4 is 11.5 Å². The number of hydrogen-bond donors (Lipinski definition) is 2. The molecule has 1 aromatic rings. The number of rotatable bonds is 1. The lowest BCUT2D eigenvalue weighted by molar-refractivity contribution is -0.141. The monoisotopic (exact) mass is 256 g/mol. The van der Waals surface area contributed by atoms with Crippen LogP contribution in [0.5, 0.6) is 0 Å². The molecular weight excluding hydrogens is 245 g/mol. The number of nitrogens with zero attached hydrogens (tertiary/aromatic N) is 2. The maximum absolute atomic E-state index is 12.6. The van der Waals surface area contributed by atoms with Crippen molar-refractivity contribution < 1.29 is 13.2 Å². The zero-order chi connectivity index (χ0) is 13.4. The summed E-state index contributed by atoms with van der Waals surface area (Å²) in [7, 11) is 0. The van der Waals surface area contributed by atoms with Crippen molar-refractivity contribution in [2.75, 3.05) is 0 Å². The molecule has 1 aliphatic rings. The highest BCUT2D eigenvalue weighted by Gasteiger charge is 2.36. The quantitative estimate of drug-likeness (QED) is 0.797. The second kappa shape index (κ2) is 4.09. The smallest absolute Gasteiger partial charge is 0.402 e. The minimum absolute atomic E-state index is 0.0929. The van der Waals surface area contributed by atoms with Gasteiger partial charge in [0.2, 0.25) is 0 Å². The molecule has 7 heteroatoms. The van der Waals surface area contributed by atoms with Gasteiger partial charge in [0.25, 0.3) is 0 Å². The standard InChI is InChI=1S/C11H11F3N4/c12-11(13,14)8-3-5-17-9(18-8)10(16)4-1-2-7(15)6-10/h1-5H,6,15-16H2. The molecule has 0 saturated carbocycles. The van der Waals surface area contributed by atoms with Gasteiger partial charge in [-0.1, -0.05) is 12.2 Å². The fourth-order valence-electron chi connectivity index (χ4n) is 1.69. The molecule has 0 aromatic carbocycles. The van der Waals surface area contributed by atoms with Crippen molar-refractivity contribution in [2.24, 2.45) is 11.5 Å². The van der Waals surface area contributed by atoms with Crippen LogP contribution in [0.4, 0.5) is 13.2 Å². The minimum atomic E-state index is -4.52. The fourth-order valence-corrected chi connectivity index (χ4v) is 1.69. The van der Waals surface area contributed by atoms with E-state index < -0.39 is 17.4 Å². The van der Waals surface area contributed by atoms with Gasteiger partial charge in [0, 0.05) is 18.3 Å². The van der Waals surface area contributed by atoms with Gasteiger partial charge >= 0.3 is 6.18 Å². The van der Waals surface area contributed by atoms with Gasteiger partial charge in [-0.2, -0.15) is 13.2 Å². The summed E-state index contributed by atoms with van der Waals surface area (Å²) in [5.74, 6) is -0.0929. The first-order chi connectivity index (χ1) is 8.31. The van der Waals surface area contributed by atoms with Crippen molar-refractivity contribution in [1.29, 1.82) is 0 Å². The Labute approximate surface area is 101 Å². The molecule has 1 aromatic heterocycles. The predicted molar refractivity (Wildman–Crippen MR) is 58.9 cm³/mol. The molecule has 0 bridgehead atoms. The van der Waals surface area contributed by atoms with Crippen LogP contribution in [0, 0.1) is 0 Å². The number of nitrogens with two attached hydrogens (primary N) is 2. The maximum Gasteiger partial charge on any atom is 0.433 e. The Morgan fingerprint density at radius 3 is 2.67 bits per heavy atom. The minimum Gasteiger partial charge on any atom is -0.402 e. The van der Waals surface area contributed by atoms with Gasteiger partial charge in [-0.05, 0) is 12.1 Å². The molecule has 0 spiro atoms. The van der Waals surface area contributed by atoms with Crippen LogP contribution >= 0.6 is 0 Å². The Morgan fingerprint density at radius 1 is 1.33 bits per heavy atom. The lowest BCUT2D eigenvalue weighted by Gasteiger charge is -2.27. The van der Waals surface area contributed by atoms with Crippen LogP contribution in [-0.2, 0) is 11.7 Å². The zero-order valence-corrected chi connectivity index (χ0v) is 9.28.